The van der Waals surface area contributed by atoms with E-state index in [1.807, 2.05) is 80.7 Å². The fourth-order valence-corrected chi connectivity index (χ4v) is 5.29. The third kappa shape index (κ3) is 8.29. The molecule has 9 nitrogen and oxygen atoms in total. The molecule has 5 rings (SSSR count). The zero-order chi connectivity index (χ0) is 29.6. The van der Waals surface area contributed by atoms with E-state index in [1.165, 1.54) is 22.3 Å². The first-order chi connectivity index (χ1) is 19.5. The summed E-state index contributed by atoms with van der Waals surface area (Å²) in [6, 6.07) is 17.2. The molecule has 0 bridgehead atoms. The van der Waals surface area contributed by atoms with Crippen molar-refractivity contribution in [1.29, 1.82) is 0 Å². The number of rotatable bonds is 6. The maximum Gasteiger partial charge on any atom is 0.407 e. The fourth-order valence-electron chi connectivity index (χ4n) is 4.21. The van der Waals surface area contributed by atoms with E-state index in [2.05, 4.69) is 10.3 Å². The van der Waals surface area contributed by atoms with Gasteiger partial charge in [-0.05, 0) is 68.5 Å². The topological polar surface area (TPSA) is 144 Å². The molecule has 1 aliphatic rings. The number of nitrogens with zero attached hydrogens (tertiary/aromatic N) is 2. The van der Waals surface area contributed by atoms with Crippen molar-refractivity contribution < 1.29 is 19.4 Å². The number of carbonyl (C=O) groups is 2. The Balaban J connectivity index is 0.000000714. The number of para-hydroxylation sites is 1. The molecule has 1 aliphatic heterocycles. The number of anilines is 1. The normalized spacial score (nSPS) is 15.0. The first-order valence-corrected chi connectivity index (χ1v) is 14.1. The second-order valence-electron chi connectivity index (χ2n) is 10.8. The summed E-state index contributed by atoms with van der Waals surface area (Å²) in [5, 5.41) is 14.8. The number of hydrogen-bond donors (Lipinski definition) is 4. The molecule has 0 radical (unpaired) electrons. The lowest BCUT2D eigenvalue weighted by atomic mass is 10.0. The summed E-state index contributed by atoms with van der Waals surface area (Å²) < 4.78 is 6.82. The van der Waals surface area contributed by atoms with E-state index in [0.29, 0.717) is 25.3 Å². The summed E-state index contributed by atoms with van der Waals surface area (Å²) in [5.41, 5.74) is 14.3. The number of aromatic nitrogens is 1. The van der Waals surface area contributed by atoms with Gasteiger partial charge in [-0.25, -0.2) is 9.78 Å². The van der Waals surface area contributed by atoms with Gasteiger partial charge in [-0.3, -0.25) is 4.79 Å². The predicted octanol–water partition coefficient (Wildman–Crippen LogP) is 5.96. The number of pyridine rings is 1. The first kappa shape index (κ1) is 29.6. The highest BCUT2D eigenvalue weighted by Gasteiger charge is 2.26. The molecule has 41 heavy (non-hydrogen) atoms. The second kappa shape index (κ2) is 12.8. The molecule has 0 saturated carbocycles. The van der Waals surface area contributed by atoms with Crippen LogP contribution in [0.2, 0.25) is 0 Å². The van der Waals surface area contributed by atoms with Crippen LogP contribution in [0.15, 0.2) is 72.3 Å². The smallest absolute Gasteiger partial charge is 0.407 e. The summed E-state index contributed by atoms with van der Waals surface area (Å²) in [6.45, 7) is 6.61. The van der Waals surface area contributed by atoms with E-state index in [-0.39, 0.29) is 17.5 Å². The quantitative estimate of drug-likeness (QED) is 0.208. The average molecular weight is 574 g/mol. The molecule has 6 N–H and O–H groups in total. The number of fused-ring (bicyclic) bond motifs is 1. The Morgan fingerprint density at radius 2 is 1.78 bits per heavy atom. The van der Waals surface area contributed by atoms with Gasteiger partial charge >= 0.3 is 6.09 Å². The van der Waals surface area contributed by atoms with Crippen LogP contribution >= 0.6 is 11.3 Å². The van der Waals surface area contributed by atoms with E-state index < -0.39 is 6.09 Å². The molecule has 2 aromatic heterocycles. The Morgan fingerprint density at radius 1 is 1.12 bits per heavy atom. The molecule has 0 spiro atoms. The van der Waals surface area contributed by atoms with Crippen LogP contribution in [0, 0.1) is 0 Å². The van der Waals surface area contributed by atoms with Crippen molar-refractivity contribution in [3.8, 4) is 22.6 Å². The summed E-state index contributed by atoms with van der Waals surface area (Å²) in [6.07, 6.45) is 4.45. The molecule has 1 unspecified atom stereocenters. The highest BCUT2D eigenvalue weighted by atomic mass is 32.1. The number of nitrogens with two attached hydrogens (primary N) is 2. The molecular formula is C31H35N5O4S. The molecule has 1 fully saturated rings. The number of amides is 2. The van der Waals surface area contributed by atoms with E-state index in [9.17, 15) is 9.59 Å². The van der Waals surface area contributed by atoms with Crippen molar-refractivity contribution in [3.63, 3.8) is 0 Å². The molecule has 0 aliphatic carbocycles. The molecule has 214 valence electrons. The summed E-state index contributed by atoms with van der Waals surface area (Å²) in [4.78, 5) is 29.1. The van der Waals surface area contributed by atoms with E-state index in [4.69, 9.17) is 21.3 Å². The van der Waals surface area contributed by atoms with Gasteiger partial charge in [-0.2, -0.15) is 0 Å². The zero-order valence-corrected chi connectivity index (χ0v) is 24.2. The van der Waals surface area contributed by atoms with Crippen molar-refractivity contribution in [2.24, 2.45) is 5.73 Å². The number of nitrogen functional groups attached to an aromatic ring is 1. The predicted molar refractivity (Wildman–Crippen MR) is 165 cm³/mol. The van der Waals surface area contributed by atoms with Gasteiger partial charge in [0.15, 0.2) is 0 Å². The summed E-state index contributed by atoms with van der Waals surface area (Å²) in [7, 11) is 0. The van der Waals surface area contributed by atoms with Gasteiger partial charge in [0.25, 0.3) is 0 Å². The summed E-state index contributed by atoms with van der Waals surface area (Å²) in [5.74, 6) is 1.65. The van der Waals surface area contributed by atoms with Gasteiger partial charge in [0, 0.05) is 58.2 Å². The van der Waals surface area contributed by atoms with Crippen LogP contribution in [-0.4, -0.2) is 51.7 Å². The largest absolute Gasteiger partial charge is 0.465 e. The van der Waals surface area contributed by atoms with E-state index in [1.54, 1.807) is 12.3 Å². The lowest BCUT2D eigenvalue weighted by Gasteiger charge is -2.12. The van der Waals surface area contributed by atoms with Crippen LogP contribution in [0.3, 0.4) is 0 Å². The monoisotopic (exact) mass is 573 g/mol. The minimum absolute atomic E-state index is 0. The Labute approximate surface area is 243 Å². The zero-order valence-electron chi connectivity index (χ0n) is 23.3. The number of carbonyl (C=O) groups excluding carboxylic acids is 1. The molecule has 10 heteroatoms. The average Bonchev–Trinajstić information content (AvgIpc) is 3.57. The lowest BCUT2D eigenvalue weighted by Crippen LogP contribution is -2.37. The number of likely N-dealkylation sites (tertiary alicyclic amines) is 1. The Morgan fingerprint density at radius 3 is 2.41 bits per heavy atom. The Kier molecular flexibility index (Phi) is 9.26. The van der Waals surface area contributed by atoms with Crippen LogP contribution in [-0.2, 0) is 4.79 Å². The summed E-state index contributed by atoms with van der Waals surface area (Å²) >= 11 is 1.54. The molecule has 1 atom stereocenters. The van der Waals surface area contributed by atoms with Gasteiger partial charge < -0.3 is 31.5 Å². The van der Waals surface area contributed by atoms with Crippen molar-refractivity contribution in [2.75, 3.05) is 18.8 Å². The van der Waals surface area contributed by atoms with Crippen molar-refractivity contribution in [1.82, 2.24) is 15.2 Å². The Bertz CT molecular complexity index is 1520. The minimum atomic E-state index is -0.968. The number of ether oxygens (including phenoxy) is 1. The molecule has 3 heterocycles. The van der Waals surface area contributed by atoms with E-state index >= 15 is 0 Å². The van der Waals surface area contributed by atoms with Crippen molar-refractivity contribution in [2.45, 2.75) is 38.8 Å². The number of nitrogens with one attached hydrogen (secondary N) is 1. The van der Waals surface area contributed by atoms with Gasteiger partial charge in [-0.1, -0.05) is 30.3 Å². The van der Waals surface area contributed by atoms with Crippen molar-refractivity contribution >= 4 is 45.3 Å². The minimum Gasteiger partial charge on any atom is -0.465 e. The van der Waals surface area contributed by atoms with Gasteiger partial charge in [-0.15, -0.1) is 11.3 Å². The third-order valence-corrected chi connectivity index (χ3v) is 7.04. The SMILES string of the molecule is CC(C)(C)N.Nc1ncc(/C=C/C(=O)NC2CCN(C(=O)O)C2)c2scc(-c3ccc(Oc4ccccc4)cc3)c12. The number of hydrogen-bond acceptors (Lipinski definition) is 7. The van der Waals surface area contributed by atoms with Crippen LogP contribution in [0.25, 0.3) is 27.3 Å². The van der Waals surface area contributed by atoms with Gasteiger partial charge in [0.1, 0.15) is 17.3 Å². The third-order valence-electron chi connectivity index (χ3n) is 6.02. The van der Waals surface area contributed by atoms with E-state index in [0.717, 1.165) is 38.3 Å². The number of carboxylic acid groups (broad SMARTS) is 1. The van der Waals surface area contributed by atoms with Gasteiger partial charge in [0.2, 0.25) is 5.91 Å². The van der Waals surface area contributed by atoms with Crippen molar-refractivity contribution in [3.05, 3.63) is 77.8 Å². The number of thiophene rings is 1. The fraction of sp³-hybridized carbons (Fsp3) is 0.258. The van der Waals surface area contributed by atoms with Crippen LogP contribution < -0.4 is 21.5 Å². The Hall–Kier alpha value is -4.41. The maximum absolute atomic E-state index is 12.4. The lowest BCUT2D eigenvalue weighted by molar-refractivity contribution is -0.117. The molecule has 2 aromatic carbocycles. The van der Waals surface area contributed by atoms with Crippen LogP contribution in [0.5, 0.6) is 11.5 Å². The van der Waals surface area contributed by atoms with Crippen LogP contribution in [0.4, 0.5) is 10.6 Å². The van der Waals surface area contributed by atoms with Crippen LogP contribution in [0.1, 0.15) is 32.8 Å². The molecular weight excluding hydrogens is 538 g/mol. The maximum atomic E-state index is 12.4. The van der Waals surface area contributed by atoms with Gasteiger partial charge in [0.05, 0.1) is 0 Å². The molecule has 1 saturated heterocycles. The standard InChI is InChI=1S/C27H24N4O4S.C4H11N/c28-26-24-22(17-6-9-21(10-7-17)35-20-4-2-1-3-5-20)16-36-25(24)18(14-29-26)8-11-23(32)30-19-12-13-31(15-19)27(33)34;1-4(2,3)5/h1-11,14,16,19H,12-13,15H2,(H2,28,29)(H,30,32)(H,33,34);5H2,1-3H3/b11-8+;. The molecule has 4 aromatic rings. The first-order valence-electron chi connectivity index (χ1n) is 13.2. The second-order valence-corrected chi connectivity index (χ2v) is 11.7. The number of benzene rings is 2. The molecule has 2 amide bonds. The highest BCUT2D eigenvalue weighted by Crippen LogP contribution is 2.39. The highest BCUT2D eigenvalue weighted by molar-refractivity contribution is 7.18.